The van der Waals surface area contributed by atoms with E-state index in [1.807, 2.05) is 60.4 Å². The Morgan fingerprint density at radius 1 is 1.22 bits per heavy atom. The number of hydrogen-bond acceptors (Lipinski definition) is 3. The Balaban J connectivity index is 1.72. The second-order valence-corrected chi connectivity index (χ2v) is 6.05. The first-order chi connectivity index (χ1) is 11.2. The SMILES string of the molecule is Cc1cc([C@@H]2CCCN2C(=O)c2cccc3ccccc23)on1. The second-order valence-electron chi connectivity index (χ2n) is 6.05. The lowest BCUT2D eigenvalue weighted by Crippen LogP contribution is -2.30. The normalized spacial score (nSPS) is 17.8. The predicted octanol–water partition coefficient (Wildman–Crippen LogP) is 4.11. The van der Waals surface area contributed by atoms with Crippen molar-refractivity contribution in [3.05, 3.63) is 65.5 Å². The number of aryl methyl sites for hydroxylation is 1. The molecule has 23 heavy (non-hydrogen) atoms. The molecule has 0 unspecified atom stereocenters. The van der Waals surface area contributed by atoms with Gasteiger partial charge in [-0.1, -0.05) is 41.6 Å². The predicted molar refractivity (Wildman–Crippen MR) is 88.2 cm³/mol. The topological polar surface area (TPSA) is 46.3 Å². The molecule has 0 radical (unpaired) electrons. The van der Waals surface area contributed by atoms with Gasteiger partial charge in [-0.25, -0.2) is 0 Å². The van der Waals surface area contributed by atoms with Crippen LogP contribution in [-0.2, 0) is 0 Å². The van der Waals surface area contributed by atoms with Crippen molar-refractivity contribution < 1.29 is 9.32 Å². The fourth-order valence-electron chi connectivity index (χ4n) is 3.41. The summed E-state index contributed by atoms with van der Waals surface area (Å²) < 4.78 is 5.41. The number of nitrogens with zero attached hydrogens (tertiary/aromatic N) is 2. The van der Waals surface area contributed by atoms with Crippen LogP contribution in [0, 0.1) is 6.92 Å². The zero-order valence-electron chi connectivity index (χ0n) is 13.0. The molecule has 3 aromatic rings. The molecular formula is C19H18N2O2. The van der Waals surface area contributed by atoms with Gasteiger partial charge in [0.05, 0.1) is 11.7 Å². The van der Waals surface area contributed by atoms with Crippen LogP contribution in [0.4, 0.5) is 0 Å². The number of likely N-dealkylation sites (tertiary alicyclic amines) is 1. The van der Waals surface area contributed by atoms with Crippen LogP contribution in [0.1, 0.15) is 40.7 Å². The molecule has 0 spiro atoms. The summed E-state index contributed by atoms with van der Waals surface area (Å²) in [5.74, 6) is 0.854. The van der Waals surface area contributed by atoms with Crippen LogP contribution in [0.3, 0.4) is 0 Å². The zero-order valence-corrected chi connectivity index (χ0v) is 13.0. The van der Waals surface area contributed by atoms with Gasteiger partial charge >= 0.3 is 0 Å². The number of amides is 1. The molecule has 0 saturated carbocycles. The highest BCUT2D eigenvalue weighted by atomic mass is 16.5. The van der Waals surface area contributed by atoms with Gasteiger partial charge in [0.15, 0.2) is 5.76 Å². The summed E-state index contributed by atoms with van der Waals surface area (Å²) in [6.45, 7) is 2.66. The van der Waals surface area contributed by atoms with Crippen molar-refractivity contribution in [2.45, 2.75) is 25.8 Å². The van der Waals surface area contributed by atoms with E-state index < -0.39 is 0 Å². The molecule has 1 aromatic heterocycles. The van der Waals surface area contributed by atoms with Crippen LogP contribution < -0.4 is 0 Å². The lowest BCUT2D eigenvalue weighted by atomic mass is 10.0. The number of fused-ring (bicyclic) bond motifs is 1. The Hall–Kier alpha value is -2.62. The van der Waals surface area contributed by atoms with E-state index in [0.717, 1.165) is 47.2 Å². The molecule has 2 heterocycles. The maximum Gasteiger partial charge on any atom is 0.255 e. The molecule has 2 aromatic carbocycles. The average molecular weight is 306 g/mol. The summed E-state index contributed by atoms with van der Waals surface area (Å²) in [7, 11) is 0. The summed E-state index contributed by atoms with van der Waals surface area (Å²) in [4.78, 5) is 15.0. The Morgan fingerprint density at radius 3 is 2.87 bits per heavy atom. The van der Waals surface area contributed by atoms with Crippen LogP contribution >= 0.6 is 0 Å². The average Bonchev–Trinajstić information content (AvgIpc) is 3.22. The summed E-state index contributed by atoms with van der Waals surface area (Å²) in [6.07, 6.45) is 1.91. The van der Waals surface area contributed by atoms with Gasteiger partial charge in [-0.3, -0.25) is 4.79 Å². The van der Waals surface area contributed by atoms with E-state index in [2.05, 4.69) is 5.16 Å². The highest BCUT2D eigenvalue weighted by molar-refractivity contribution is 6.07. The van der Waals surface area contributed by atoms with Gasteiger partial charge in [0.25, 0.3) is 5.91 Å². The number of aromatic nitrogens is 1. The van der Waals surface area contributed by atoms with Gasteiger partial charge in [-0.2, -0.15) is 0 Å². The number of rotatable bonds is 2. The van der Waals surface area contributed by atoms with Crippen molar-refractivity contribution >= 4 is 16.7 Å². The summed E-state index contributed by atoms with van der Waals surface area (Å²) in [5.41, 5.74) is 1.61. The van der Waals surface area contributed by atoms with E-state index in [4.69, 9.17) is 4.52 Å². The lowest BCUT2D eigenvalue weighted by molar-refractivity contribution is 0.0716. The minimum atomic E-state index is -0.0114. The third kappa shape index (κ3) is 2.40. The van der Waals surface area contributed by atoms with Crippen LogP contribution in [-0.4, -0.2) is 22.5 Å². The molecule has 1 saturated heterocycles. The molecule has 4 rings (SSSR count). The van der Waals surface area contributed by atoms with Crippen LogP contribution in [0.25, 0.3) is 10.8 Å². The Kier molecular flexibility index (Phi) is 3.37. The number of carbonyl (C=O) groups is 1. The first kappa shape index (κ1) is 14.0. The van der Waals surface area contributed by atoms with Crippen molar-refractivity contribution in [3.8, 4) is 0 Å². The van der Waals surface area contributed by atoms with Crippen molar-refractivity contribution in [2.24, 2.45) is 0 Å². The molecule has 0 N–H and O–H groups in total. The van der Waals surface area contributed by atoms with Crippen LogP contribution in [0.15, 0.2) is 53.1 Å². The van der Waals surface area contributed by atoms with Gasteiger partial charge < -0.3 is 9.42 Å². The van der Waals surface area contributed by atoms with Crippen LogP contribution in [0.5, 0.6) is 0 Å². The third-order valence-corrected chi connectivity index (χ3v) is 4.51. The molecule has 1 fully saturated rings. The first-order valence-electron chi connectivity index (χ1n) is 7.96. The summed E-state index contributed by atoms with van der Waals surface area (Å²) >= 11 is 0. The minimum absolute atomic E-state index is 0.0114. The smallest absolute Gasteiger partial charge is 0.255 e. The molecule has 1 aliphatic heterocycles. The Labute approximate surface area is 134 Å². The second kappa shape index (κ2) is 5.54. The molecule has 1 amide bonds. The highest BCUT2D eigenvalue weighted by Crippen LogP contribution is 2.34. The lowest BCUT2D eigenvalue weighted by Gasteiger charge is -2.23. The maximum absolute atomic E-state index is 13.1. The quantitative estimate of drug-likeness (QED) is 0.715. The molecule has 4 heteroatoms. The molecular weight excluding hydrogens is 288 g/mol. The number of carbonyl (C=O) groups excluding carboxylic acids is 1. The molecule has 4 nitrogen and oxygen atoms in total. The largest absolute Gasteiger partial charge is 0.359 e. The Bertz CT molecular complexity index is 863. The summed E-state index contributed by atoms with van der Waals surface area (Å²) in [5, 5.41) is 6.05. The first-order valence-corrected chi connectivity index (χ1v) is 7.96. The monoisotopic (exact) mass is 306 g/mol. The molecule has 0 bridgehead atoms. The van der Waals surface area contributed by atoms with Crippen molar-refractivity contribution in [3.63, 3.8) is 0 Å². The molecule has 116 valence electrons. The van der Waals surface area contributed by atoms with E-state index in [-0.39, 0.29) is 11.9 Å². The fourth-order valence-corrected chi connectivity index (χ4v) is 3.41. The molecule has 0 aliphatic carbocycles. The van der Waals surface area contributed by atoms with Crippen molar-refractivity contribution in [2.75, 3.05) is 6.54 Å². The van der Waals surface area contributed by atoms with Crippen LogP contribution in [0.2, 0.25) is 0 Å². The van der Waals surface area contributed by atoms with Gasteiger partial charge in [0, 0.05) is 18.2 Å². The Morgan fingerprint density at radius 2 is 2.04 bits per heavy atom. The highest BCUT2D eigenvalue weighted by Gasteiger charge is 2.33. The van der Waals surface area contributed by atoms with E-state index in [1.54, 1.807) is 0 Å². The summed E-state index contributed by atoms with van der Waals surface area (Å²) in [6, 6.07) is 15.8. The maximum atomic E-state index is 13.1. The van der Waals surface area contributed by atoms with Gasteiger partial charge in [0.1, 0.15) is 0 Å². The number of benzene rings is 2. The van der Waals surface area contributed by atoms with Gasteiger partial charge in [0.2, 0.25) is 0 Å². The zero-order chi connectivity index (χ0) is 15.8. The van der Waals surface area contributed by atoms with Crippen molar-refractivity contribution in [1.82, 2.24) is 10.1 Å². The molecule has 1 aliphatic rings. The van der Waals surface area contributed by atoms with E-state index in [9.17, 15) is 4.79 Å². The number of hydrogen-bond donors (Lipinski definition) is 0. The third-order valence-electron chi connectivity index (χ3n) is 4.51. The van der Waals surface area contributed by atoms with E-state index >= 15 is 0 Å². The van der Waals surface area contributed by atoms with Gasteiger partial charge in [-0.05, 0) is 36.6 Å². The van der Waals surface area contributed by atoms with Crippen molar-refractivity contribution in [1.29, 1.82) is 0 Å². The fraction of sp³-hybridized carbons (Fsp3) is 0.263. The van der Waals surface area contributed by atoms with Gasteiger partial charge in [-0.15, -0.1) is 0 Å². The molecule has 1 atom stereocenters. The van der Waals surface area contributed by atoms with E-state index in [1.165, 1.54) is 0 Å². The van der Waals surface area contributed by atoms with E-state index in [0.29, 0.717) is 0 Å². The minimum Gasteiger partial charge on any atom is -0.359 e. The standard InChI is InChI=1S/C19H18N2O2/c1-13-12-18(23-20-13)17-10-5-11-21(17)19(22)16-9-4-7-14-6-2-3-8-15(14)16/h2-4,6-9,12,17H,5,10-11H2,1H3/t17-/m0/s1.